The van der Waals surface area contributed by atoms with Gasteiger partial charge in [-0.15, -0.1) is 0 Å². The number of rotatable bonds is 8. The standard InChI is InChI=1S/C22H24N2O3/c1-16-10-11-20(26-2)19(15-16)24-22(25)21(17-7-4-3-5-8-17)23-13-12-18-9-6-14-27-18/h3-11,14-15,21,23H,12-13H2,1-2H3,(H,24,25)/t21-/m0/s1. The van der Waals surface area contributed by atoms with Crippen molar-refractivity contribution >= 4 is 11.6 Å². The molecule has 1 heterocycles. The smallest absolute Gasteiger partial charge is 0.246 e. The highest BCUT2D eigenvalue weighted by molar-refractivity contribution is 5.96. The number of ether oxygens (including phenoxy) is 1. The van der Waals surface area contributed by atoms with E-state index in [1.807, 2.05) is 67.6 Å². The van der Waals surface area contributed by atoms with Crippen LogP contribution in [0.2, 0.25) is 0 Å². The van der Waals surface area contributed by atoms with Crippen molar-refractivity contribution in [2.24, 2.45) is 0 Å². The summed E-state index contributed by atoms with van der Waals surface area (Å²) in [6.45, 7) is 2.59. The number of benzene rings is 2. The number of furan rings is 1. The molecule has 0 aliphatic heterocycles. The Morgan fingerprint density at radius 1 is 1.11 bits per heavy atom. The summed E-state index contributed by atoms with van der Waals surface area (Å²) in [5.41, 5.74) is 2.62. The molecule has 2 aromatic carbocycles. The molecule has 5 nitrogen and oxygen atoms in total. The van der Waals surface area contributed by atoms with Crippen molar-refractivity contribution in [1.29, 1.82) is 0 Å². The molecule has 0 saturated heterocycles. The Labute approximate surface area is 159 Å². The van der Waals surface area contributed by atoms with Crippen LogP contribution in [0.5, 0.6) is 5.75 Å². The van der Waals surface area contributed by atoms with Crippen molar-refractivity contribution < 1.29 is 13.9 Å². The van der Waals surface area contributed by atoms with E-state index in [1.165, 1.54) is 0 Å². The second-order valence-electron chi connectivity index (χ2n) is 6.32. The van der Waals surface area contributed by atoms with E-state index in [2.05, 4.69) is 10.6 Å². The maximum absolute atomic E-state index is 13.0. The van der Waals surface area contributed by atoms with Gasteiger partial charge in [0.1, 0.15) is 17.6 Å². The van der Waals surface area contributed by atoms with Crippen molar-refractivity contribution in [1.82, 2.24) is 5.32 Å². The van der Waals surface area contributed by atoms with Crippen LogP contribution in [-0.4, -0.2) is 19.6 Å². The zero-order valence-electron chi connectivity index (χ0n) is 15.6. The highest BCUT2D eigenvalue weighted by Crippen LogP contribution is 2.26. The number of amides is 1. The summed E-state index contributed by atoms with van der Waals surface area (Å²) in [6.07, 6.45) is 2.36. The quantitative estimate of drug-likeness (QED) is 0.631. The third-order valence-corrected chi connectivity index (χ3v) is 4.31. The molecule has 0 bridgehead atoms. The number of methoxy groups -OCH3 is 1. The van der Waals surface area contributed by atoms with E-state index in [1.54, 1.807) is 13.4 Å². The van der Waals surface area contributed by atoms with Crippen molar-refractivity contribution in [2.75, 3.05) is 19.0 Å². The van der Waals surface area contributed by atoms with Crippen LogP contribution in [0, 0.1) is 6.92 Å². The van der Waals surface area contributed by atoms with Crippen LogP contribution in [0.4, 0.5) is 5.69 Å². The Bertz CT molecular complexity index is 861. The van der Waals surface area contributed by atoms with Gasteiger partial charge >= 0.3 is 0 Å². The monoisotopic (exact) mass is 364 g/mol. The van der Waals surface area contributed by atoms with Gasteiger partial charge in [-0.2, -0.15) is 0 Å². The average Bonchev–Trinajstić information content (AvgIpc) is 3.19. The lowest BCUT2D eigenvalue weighted by Crippen LogP contribution is -2.34. The molecule has 140 valence electrons. The van der Waals surface area contributed by atoms with Crippen molar-refractivity contribution in [2.45, 2.75) is 19.4 Å². The first-order valence-electron chi connectivity index (χ1n) is 8.93. The number of carbonyl (C=O) groups is 1. The summed E-state index contributed by atoms with van der Waals surface area (Å²) >= 11 is 0. The van der Waals surface area contributed by atoms with Crippen LogP contribution in [0.1, 0.15) is 22.9 Å². The summed E-state index contributed by atoms with van der Waals surface area (Å²) in [5, 5.41) is 6.33. The van der Waals surface area contributed by atoms with Gasteiger partial charge in [-0.3, -0.25) is 4.79 Å². The number of aryl methyl sites for hydroxylation is 1. The fourth-order valence-corrected chi connectivity index (χ4v) is 2.93. The van der Waals surface area contributed by atoms with Crippen molar-refractivity contribution in [3.05, 3.63) is 83.8 Å². The molecule has 0 saturated carbocycles. The molecule has 0 aliphatic rings. The van der Waals surface area contributed by atoms with Crippen molar-refractivity contribution in [3.63, 3.8) is 0 Å². The Morgan fingerprint density at radius 3 is 2.63 bits per heavy atom. The van der Waals surface area contributed by atoms with Gasteiger partial charge in [0.15, 0.2) is 0 Å². The summed E-state index contributed by atoms with van der Waals surface area (Å²) < 4.78 is 10.7. The Hall–Kier alpha value is -3.05. The maximum Gasteiger partial charge on any atom is 0.246 e. The molecule has 0 aliphatic carbocycles. The Morgan fingerprint density at radius 2 is 1.93 bits per heavy atom. The molecule has 0 fully saturated rings. The number of carbonyl (C=O) groups excluding carboxylic acids is 1. The van der Waals surface area contributed by atoms with Gasteiger partial charge < -0.3 is 19.8 Å². The van der Waals surface area contributed by atoms with E-state index >= 15 is 0 Å². The average molecular weight is 364 g/mol. The molecule has 3 rings (SSSR count). The number of anilines is 1. The zero-order chi connectivity index (χ0) is 19.1. The van der Waals surface area contributed by atoms with Crippen LogP contribution in [0.25, 0.3) is 0 Å². The van der Waals surface area contributed by atoms with Gasteiger partial charge in [0, 0.05) is 13.0 Å². The molecule has 1 amide bonds. The van der Waals surface area contributed by atoms with Gasteiger partial charge in [0.2, 0.25) is 5.91 Å². The van der Waals surface area contributed by atoms with E-state index < -0.39 is 6.04 Å². The van der Waals surface area contributed by atoms with Gasteiger partial charge in [-0.05, 0) is 42.3 Å². The molecule has 0 spiro atoms. The minimum absolute atomic E-state index is 0.135. The lowest BCUT2D eigenvalue weighted by Gasteiger charge is -2.20. The van der Waals surface area contributed by atoms with Crippen LogP contribution in [0.15, 0.2) is 71.3 Å². The molecule has 1 atom stereocenters. The van der Waals surface area contributed by atoms with Gasteiger partial charge in [0.05, 0.1) is 19.1 Å². The van der Waals surface area contributed by atoms with Gasteiger partial charge in [-0.1, -0.05) is 36.4 Å². The molecular weight excluding hydrogens is 340 g/mol. The van der Waals surface area contributed by atoms with Gasteiger partial charge in [-0.25, -0.2) is 0 Å². The molecule has 0 radical (unpaired) electrons. The van der Waals surface area contributed by atoms with E-state index in [-0.39, 0.29) is 5.91 Å². The molecule has 27 heavy (non-hydrogen) atoms. The SMILES string of the molecule is COc1ccc(C)cc1NC(=O)[C@@H](NCCc1ccco1)c1ccccc1. The summed E-state index contributed by atoms with van der Waals surface area (Å²) in [4.78, 5) is 13.0. The van der Waals surface area contributed by atoms with E-state index in [9.17, 15) is 4.79 Å². The normalized spacial score (nSPS) is 11.8. The highest BCUT2D eigenvalue weighted by atomic mass is 16.5. The predicted octanol–water partition coefficient (Wildman–Crippen LogP) is 4.11. The lowest BCUT2D eigenvalue weighted by atomic mass is 10.1. The molecule has 3 aromatic rings. The van der Waals surface area contributed by atoms with Crippen LogP contribution in [-0.2, 0) is 11.2 Å². The number of nitrogens with one attached hydrogen (secondary N) is 2. The maximum atomic E-state index is 13.0. The predicted molar refractivity (Wildman–Crippen MR) is 106 cm³/mol. The molecule has 0 unspecified atom stereocenters. The fraction of sp³-hybridized carbons (Fsp3) is 0.227. The first-order valence-corrected chi connectivity index (χ1v) is 8.93. The topological polar surface area (TPSA) is 63.5 Å². The van der Waals surface area contributed by atoms with Crippen LogP contribution >= 0.6 is 0 Å². The third kappa shape index (κ3) is 4.99. The Balaban J connectivity index is 1.75. The fourth-order valence-electron chi connectivity index (χ4n) is 2.93. The summed E-state index contributed by atoms with van der Waals surface area (Å²) in [6, 6.07) is 18.7. The van der Waals surface area contributed by atoms with Crippen molar-refractivity contribution in [3.8, 4) is 5.75 Å². The summed E-state index contributed by atoms with van der Waals surface area (Å²) in [5.74, 6) is 1.39. The lowest BCUT2D eigenvalue weighted by molar-refractivity contribution is -0.118. The second kappa shape index (κ2) is 9.05. The van der Waals surface area contributed by atoms with Crippen LogP contribution in [0.3, 0.4) is 0 Å². The van der Waals surface area contributed by atoms with Crippen LogP contribution < -0.4 is 15.4 Å². The molecule has 2 N–H and O–H groups in total. The summed E-state index contributed by atoms with van der Waals surface area (Å²) in [7, 11) is 1.59. The minimum Gasteiger partial charge on any atom is -0.495 e. The largest absolute Gasteiger partial charge is 0.495 e. The van der Waals surface area contributed by atoms with Gasteiger partial charge in [0.25, 0.3) is 0 Å². The number of hydrogen-bond donors (Lipinski definition) is 2. The number of hydrogen-bond acceptors (Lipinski definition) is 4. The minimum atomic E-state index is -0.480. The second-order valence-corrected chi connectivity index (χ2v) is 6.32. The molecule has 5 heteroatoms. The third-order valence-electron chi connectivity index (χ3n) is 4.31. The molecular formula is C22H24N2O3. The first-order chi connectivity index (χ1) is 13.2. The zero-order valence-corrected chi connectivity index (χ0v) is 15.6. The van der Waals surface area contributed by atoms with E-state index in [4.69, 9.17) is 9.15 Å². The molecule has 1 aromatic heterocycles. The highest BCUT2D eigenvalue weighted by Gasteiger charge is 2.21. The van der Waals surface area contributed by atoms with E-state index in [0.29, 0.717) is 24.4 Å². The van der Waals surface area contributed by atoms with E-state index in [0.717, 1.165) is 16.9 Å². The first kappa shape index (κ1) is 18.7. The Kier molecular flexibility index (Phi) is 6.28.